The summed E-state index contributed by atoms with van der Waals surface area (Å²) in [6.45, 7) is 2.13. The van der Waals surface area contributed by atoms with Crippen LogP contribution in [0.5, 0.6) is 0 Å². The fourth-order valence-electron chi connectivity index (χ4n) is 3.39. The molecule has 28 heavy (non-hydrogen) atoms. The van der Waals surface area contributed by atoms with E-state index < -0.39 is 0 Å². The number of carbonyl (C=O) groups is 1. The molecule has 0 spiro atoms. The third kappa shape index (κ3) is 3.62. The van der Waals surface area contributed by atoms with Crippen LogP contribution in [0.15, 0.2) is 85.1 Å². The maximum Gasteiger partial charge on any atom is 0.257 e. The van der Waals surface area contributed by atoms with Crippen LogP contribution in [-0.2, 0) is 0 Å². The molecule has 4 rings (SSSR count). The van der Waals surface area contributed by atoms with Crippen LogP contribution in [0.4, 0.5) is 5.69 Å². The molecule has 3 nitrogen and oxygen atoms in total. The molecule has 0 aliphatic rings. The number of carbonyl (C=O) groups excluding carboxylic acids is 1. The SMILES string of the molecule is C[C@@H](c1cc(NC(=O)c2ccccc2Cl)ccn1)c1cccc2ccccc12. The van der Waals surface area contributed by atoms with Crippen LogP contribution in [0.1, 0.15) is 34.5 Å². The molecule has 0 saturated carbocycles. The van der Waals surface area contributed by atoms with Crippen LogP contribution < -0.4 is 5.32 Å². The van der Waals surface area contributed by atoms with Crippen molar-refractivity contribution in [2.45, 2.75) is 12.8 Å². The highest BCUT2D eigenvalue weighted by atomic mass is 35.5. The van der Waals surface area contributed by atoms with Crippen LogP contribution in [-0.4, -0.2) is 10.9 Å². The zero-order chi connectivity index (χ0) is 19.5. The van der Waals surface area contributed by atoms with E-state index in [-0.39, 0.29) is 11.8 Å². The highest BCUT2D eigenvalue weighted by molar-refractivity contribution is 6.34. The van der Waals surface area contributed by atoms with Gasteiger partial charge in [0.25, 0.3) is 5.91 Å². The molecule has 1 heterocycles. The van der Waals surface area contributed by atoms with Crippen molar-refractivity contribution in [1.29, 1.82) is 0 Å². The summed E-state index contributed by atoms with van der Waals surface area (Å²) in [4.78, 5) is 17.1. The number of fused-ring (bicyclic) bond motifs is 1. The van der Waals surface area contributed by atoms with Gasteiger partial charge in [-0.2, -0.15) is 0 Å². The average Bonchev–Trinajstić information content (AvgIpc) is 2.73. The molecule has 0 aliphatic heterocycles. The summed E-state index contributed by atoms with van der Waals surface area (Å²) in [6, 6.07) is 25.3. The molecule has 0 unspecified atom stereocenters. The Morgan fingerprint density at radius 3 is 2.57 bits per heavy atom. The Morgan fingerprint density at radius 2 is 1.71 bits per heavy atom. The summed E-state index contributed by atoms with van der Waals surface area (Å²) < 4.78 is 0. The van der Waals surface area contributed by atoms with E-state index in [0.29, 0.717) is 16.3 Å². The maximum absolute atomic E-state index is 12.5. The molecule has 138 valence electrons. The number of amides is 1. The maximum atomic E-state index is 12.5. The predicted octanol–water partition coefficient (Wildman–Crippen LogP) is 6.29. The number of nitrogens with zero attached hydrogens (tertiary/aromatic N) is 1. The molecular weight excluding hydrogens is 368 g/mol. The average molecular weight is 387 g/mol. The molecule has 1 N–H and O–H groups in total. The quantitative estimate of drug-likeness (QED) is 0.447. The molecule has 1 aromatic heterocycles. The van der Waals surface area contributed by atoms with Gasteiger partial charge in [-0.1, -0.05) is 73.1 Å². The third-order valence-corrected chi connectivity index (χ3v) is 5.22. The third-order valence-electron chi connectivity index (χ3n) is 4.89. The lowest BCUT2D eigenvalue weighted by Crippen LogP contribution is -2.13. The normalized spacial score (nSPS) is 11.9. The molecule has 3 aromatic carbocycles. The fourth-order valence-corrected chi connectivity index (χ4v) is 3.62. The van der Waals surface area contributed by atoms with Gasteiger partial charge in [-0.15, -0.1) is 0 Å². The summed E-state index contributed by atoms with van der Waals surface area (Å²) in [5, 5.41) is 5.77. The first-order chi connectivity index (χ1) is 13.6. The van der Waals surface area contributed by atoms with Gasteiger partial charge >= 0.3 is 0 Å². The summed E-state index contributed by atoms with van der Waals surface area (Å²) >= 11 is 6.13. The van der Waals surface area contributed by atoms with E-state index in [2.05, 4.69) is 47.6 Å². The molecule has 0 bridgehead atoms. The van der Waals surface area contributed by atoms with Crippen LogP contribution in [0.3, 0.4) is 0 Å². The first kappa shape index (κ1) is 18.2. The molecule has 0 fully saturated rings. The largest absolute Gasteiger partial charge is 0.322 e. The minimum absolute atomic E-state index is 0.0864. The summed E-state index contributed by atoms with van der Waals surface area (Å²) in [7, 11) is 0. The lowest BCUT2D eigenvalue weighted by atomic mass is 9.92. The van der Waals surface area contributed by atoms with E-state index in [1.54, 1.807) is 36.5 Å². The molecule has 1 atom stereocenters. The highest BCUT2D eigenvalue weighted by Gasteiger charge is 2.15. The molecule has 1 amide bonds. The Labute approximate surface area is 169 Å². The van der Waals surface area contributed by atoms with Crippen LogP contribution in [0, 0.1) is 0 Å². The van der Waals surface area contributed by atoms with E-state index in [1.165, 1.54) is 16.3 Å². The van der Waals surface area contributed by atoms with E-state index in [1.807, 2.05) is 18.2 Å². The smallest absolute Gasteiger partial charge is 0.257 e. The summed E-state index contributed by atoms with van der Waals surface area (Å²) in [6.07, 6.45) is 1.72. The standard InChI is InChI=1S/C24H19ClN2O/c1-16(19-11-6-8-17-7-2-3-9-20(17)19)23-15-18(13-14-26-23)27-24(28)21-10-4-5-12-22(21)25/h2-16H,1H3,(H,26,27,28)/t16-/m1/s1. The summed E-state index contributed by atoms with van der Waals surface area (Å²) in [5.41, 5.74) is 3.25. The number of hydrogen-bond donors (Lipinski definition) is 1. The van der Waals surface area contributed by atoms with Crippen molar-refractivity contribution < 1.29 is 4.79 Å². The summed E-state index contributed by atoms with van der Waals surface area (Å²) in [5.74, 6) is -0.149. The number of nitrogens with one attached hydrogen (secondary N) is 1. The number of pyridine rings is 1. The van der Waals surface area contributed by atoms with Gasteiger partial charge in [0.15, 0.2) is 0 Å². The van der Waals surface area contributed by atoms with Crippen molar-refractivity contribution in [2.75, 3.05) is 5.32 Å². The second kappa shape index (κ2) is 7.83. The van der Waals surface area contributed by atoms with E-state index in [4.69, 9.17) is 11.6 Å². The number of halogens is 1. The van der Waals surface area contributed by atoms with Crippen molar-refractivity contribution in [2.24, 2.45) is 0 Å². The van der Waals surface area contributed by atoms with Crippen LogP contribution in [0.2, 0.25) is 5.02 Å². The predicted molar refractivity (Wildman–Crippen MR) is 115 cm³/mol. The van der Waals surface area contributed by atoms with Gasteiger partial charge in [0, 0.05) is 23.5 Å². The topological polar surface area (TPSA) is 42.0 Å². The number of rotatable bonds is 4. The Kier molecular flexibility index (Phi) is 5.09. The van der Waals surface area contributed by atoms with Gasteiger partial charge in [0.05, 0.1) is 10.6 Å². The van der Waals surface area contributed by atoms with Gasteiger partial charge < -0.3 is 5.32 Å². The lowest BCUT2D eigenvalue weighted by molar-refractivity contribution is 0.102. The Hall–Kier alpha value is -3.17. The minimum Gasteiger partial charge on any atom is -0.322 e. The highest BCUT2D eigenvalue weighted by Crippen LogP contribution is 2.30. The molecule has 0 radical (unpaired) electrons. The zero-order valence-electron chi connectivity index (χ0n) is 15.4. The van der Waals surface area contributed by atoms with Crippen LogP contribution >= 0.6 is 11.6 Å². The van der Waals surface area contributed by atoms with Crippen molar-refractivity contribution >= 4 is 34.0 Å². The monoisotopic (exact) mass is 386 g/mol. The van der Waals surface area contributed by atoms with E-state index >= 15 is 0 Å². The van der Waals surface area contributed by atoms with Gasteiger partial charge in [-0.3, -0.25) is 9.78 Å². The van der Waals surface area contributed by atoms with Gasteiger partial charge in [0.1, 0.15) is 0 Å². The first-order valence-electron chi connectivity index (χ1n) is 9.13. The molecule has 4 heteroatoms. The van der Waals surface area contributed by atoms with Crippen molar-refractivity contribution in [3.8, 4) is 0 Å². The van der Waals surface area contributed by atoms with Crippen molar-refractivity contribution in [1.82, 2.24) is 4.98 Å². The van der Waals surface area contributed by atoms with Crippen LogP contribution in [0.25, 0.3) is 10.8 Å². The zero-order valence-corrected chi connectivity index (χ0v) is 16.1. The number of hydrogen-bond acceptors (Lipinski definition) is 2. The van der Waals surface area contributed by atoms with Gasteiger partial charge in [0.2, 0.25) is 0 Å². The number of aromatic nitrogens is 1. The number of anilines is 1. The lowest BCUT2D eigenvalue weighted by Gasteiger charge is -2.15. The van der Waals surface area contributed by atoms with E-state index in [0.717, 1.165) is 5.69 Å². The first-order valence-corrected chi connectivity index (χ1v) is 9.51. The minimum atomic E-state index is -0.236. The van der Waals surface area contributed by atoms with E-state index in [9.17, 15) is 4.79 Å². The van der Waals surface area contributed by atoms with Crippen molar-refractivity contribution in [3.05, 3.63) is 107 Å². The Balaban J connectivity index is 1.63. The van der Waals surface area contributed by atoms with Gasteiger partial charge in [-0.25, -0.2) is 0 Å². The second-order valence-electron chi connectivity index (χ2n) is 6.69. The van der Waals surface area contributed by atoms with Crippen molar-refractivity contribution in [3.63, 3.8) is 0 Å². The Bertz CT molecular complexity index is 1150. The fraction of sp³-hybridized carbons (Fsp3) is 0.0833. The molecule has 4 aromatic rings. The van der Waals surface area contributed by atoms with Gasteiger partial charge in [-0.05, 0) is 40.6 Å². The molecule has 0 aliphatic carbocycles. The second-order valence-corrected chi connectivity index (χ2v) is 7.10. The molecule has 0 saturated heterocycles. The number of benzene rings is 3. The Morgan fingerprint density at radius 1 is 0.964 bits per heavy atom. The molecular formula is C24H19ClN2O.